The lowest BCUT2D eigenvalue weighted by molar-refractivity contribution is -0.139. The Bertz CT molecular complexity index is 1060. The van der Waals surface area contributed by atoms with Gasteiger partial charge in [-0.1, -0.05) is 36.7 Å². The number of aromatic nitrogens is 3. The van der Waals surface area contributed by atoms with Gasteiger partial charge in [0.2, 0.25) is 10.0 Å². The first-order valence-corrected chi connectivity index (χ1v) is 13.1. The van der Waals surface area contributed by atoms with E-state index in [1.54, 1.807) is 25.1 Å². The van der Waals surface area contributed by atoms with Crippen molar-refractivity contribution in [1.82, 2.24) is 19.1 Å². The molecule has 32 heavy (non-hydrogen) atoms. The highest BCUT2D eigenvalue weighted by Gasteiger charge is 2.30. The predicted octanol–water partition coefficient (Wildman–Crippen LogP) is 2.73. The summed E-state index contributed by atoms with van der Waals surface area (Å²) in [7, 11) is -2.25. The van der Waals surface area contributed by atoms with Gasteiger partial charge in [0, 0.05) is 24.7 Å². The number of thioether (sulfide) groups is 1. The molecule has 2 aromatic rings. The van der Waals surface area contributed by atoms with E-state index in [-0.39, 0.29) is 16.9 Å². The number of rotatable bonds is 7. The summed E-state index contributed by atoms with van der Waals surface area (Å²) >= 11 is 1.31. The first kappa shape index (κ1) is 23.2. The van der Waals surface area contributed by atoms with Crippen LogP contribution in [0.25, 0.3) is 11.4 Å². The summed E-state index contributed by atoms with van der Waals surface area (Å²) in [6.45, 7) is 3.26. The molecular weight excluding hydrogens is 452 g/mol. The number of carbonyl (C=O) groups is 1. The topological polar surface area (TPSA) is 104 Å². The minimum atomic E-state index is -3.62. The minimum absolute atomic E-state index is 0.215. The van der Waals surface area contributed by atoms with Gasteiger partial charge < -0.3 is 9.47 Å². The highest BCUT2D eigenvalue weighted by atomic mass is 32.2. The molecule has 1 aliphatic carbocycles. The second-order valence-corrected chi connectivity index (χ2v) is 11.2. The molecule has 0 radical (unpaired) electrons. The van der Waals surface area contributed by atoms with Gasteiger partial charge in [-0.3, -0.25) is 9.36 Å². The number of hydrogen-bond acceptors (Lipinski definition) is 8. The van der Waals surface area contributed by atoms with Gasteiger partial charge in [-0.15, -0.1) is 10.2 Å². The summed E-state index contributed by atoms with van der Waals surface area (Å²) in [6.07, 6.45) is 4.22. The Morgan fingerprint density at radius 1 is 1.22 bits per heavy atom. The second-order valence-electron chi connectivity index (χ2n) is 7.94. The molecule has 0 N–H and O–H groups in total. The Morgan fingerprint density at radius 3 is 2.62 bits per heavy atom. The molecule has 2 heterocycles. The van der Waals surface area contributed by atoms with Crippen molar-refractivity contribution in [3.05, 3.63) is 24.3 Å². The smallest absolute Gasteiger partial charge is 0.318 e. The van der Waals surface area contributed by atoms with Crippen LogP contribution in [0.2, 0.25) is 0 Å². The molecule has 174 valence electrons. The predicted molar refractivity (Wildman–Crippen MR) is 120 cm³/mol. The van der Waals surface area contributed by atoms with E-state index in [9.17, 15) is 13.2 Å². The summed E-state index contributed by atoms with van der Waals surface area (Å²) in [4.78, 5) is 12.2. The summed E-state index contributed by atoms with van der Waals surface area (Å²) in [5.74, 6) is 0.298. The van der Waals surface area contributed by atoms with Gasteiger partial charge in [-0.2, -0.15) is 4.31 Å². The monoisotopic (exact) mass is 480 g/mol. The Morgan fingerprint density at radius 2 is 1.94 bits per heavy atom. The van der Waals surface area contributed by atoms with Gasteiger partial charge in [0.25, 0.3) is 0 Å². The van der Waals surface area contributed by atoms with E-state index < -0.39 is 15.3 Å². The molecule has 1 aromatic heterocycles. The zero-order chi connectivity index (χ0) is 22.7. The second kappa shape index (κ2) is 9.90. The third-order valence-corrected chi connectivity index (χ3v) is 8.80. The van der Waals surface area contributed by atoms with Gasteiger partial charge in [0.05, 0.1) is 25.2 Å². The molecule has 9 nitrogen and oxygen atoms in total. The maximum absolute atomic E-state index is 13.1. The van der Waals surface area contributed by atoms with Crippen LogP contribution in [0.3, 0.4) is 0 Å². The molecule has 2 fully saturated rings. The summed E-state index contributed by atoms with van der Waals surface area (Å²) in [6, 6.07) is 7.08. The van der Waals surface area contributed by atoms with E-state index in [1.165, 1.54) is 23.2 Å². The highest BCUT2D eigenvalue weighted by molar-refractivity contribution is 8.00. The Balaban J connectivity index is 1.70. The molecule has 1 atom stereocenters. The van der Waals surface area contributed by atoms with Crippen LogP contribution in [0.15, 0.2) is 34.3 Å². The first-order valence-electron chi connectivity index (χ1n) is 10.8. The molecule has 2 aliphatic rings. The zero-order valence-electron chi connectivity index (χ0n) is 18.3. The number of esters is 1. The fourth-order valence-electron chi connectivity index (χ4n) is 4.15. The number of nitrogens with zero attached hydrogens (tertiary/aromatic N) is 4. The molecule has 0 amide bonds. The number of methoxy groups -OCH3 is 1. The highest BCUT2D eigenvalue weighted by Crippen LogP contribution is 2.38. The van der Waals surface area contributed by atoms with Crippen molar-refractivity contribution >= 4 is 27.8 Å². The average Bonchev–Trinajstić information content (AvgIpc) is 3.49. The van der Waals surface area contributed by atoms with Crippen molar-refractivity contribution in [3.8, 4) is 11.4 Å². The first-order chi connectivity index (χ1) is 15.4. The maximum Gasteiger partial charge on any atom is 0.318 e. The third-order valence-electron chi connectivity index (χ3n) is 5.87. The van der Waals surface area contributed by atoms with Gasteiger partial charge >= 0.3 is 5.97 Å². The molecule has 1 aliphatic heterocycles. The number of ether oxygens (including phenoxy) is 2. The largest absolute Gasteiger partial charge is 0.468 e. The fraction of sp³-hybridized carbons (Fsp3) is 0.571. The van der Waals surface area contributed by atoms with Crippen molar-refractivity contribution in [2.24, 2.45) is 0 Å². The number of morpholine rings is 1. The van der Waals surface area contributed by atoms with Crippen LogP contribution in [-0.4, -0.2) is 72.1 Å². The maximum atomic E-state index is 13.1. The number of sulfonamides is 1. The zero-order valence-corrected chi connectivity index (χ0v) is 19.9. The normalized spacial score (nSPS) is 19.2. The van der Waals surface area contributed by atoms with Crippen LogP contribution in [0, 0.1) is 0 Å². The molecule has 4 rings (SSSR count). The fourth-order valence-corrected chi connectivity index (χ4v) is 6.55. The lowest BCUT2D eigenvalue weighted by Gasteiger charge is -2.26. The van der Waals surface area contributed by atoms with E-state index in [1.807, 2.05) is 6.07 Å². The third kappa shape index (κ3) is 4.70. The van der Waals surface area contributed by atoms with Crippen LogP contribution < -0.4 is 0 Å². The van der Waals surface area contributed by atoms with Crippen molar-refractivity contribution < 1.29 is 22.7 Å². The van der Waals surface area contributed by atoms with Crippen molar-refractivity contribution in [1.29, 1.82) is 0 Å². The Kier molecular flexibility index (Phi) is 7.18. The lowest BCUT2D eigenvalue weighted by atomic mass is 10.2. The van der Waals surface area contributed by atoms with Gasteiger partial charge in [0.1, 0.15) is 5.25 Å². The molecular formula is C21H28N4O5S2. The number of benzene rings is 1. The summed E-state index contributed by atoms with van der Waals surface area (Å²) in [5.41, 5.74) is 0.691. The number of hydrogen-bond donors (Lipinski definition) is 0. The quantitative estimate of drug-likeness (QED) is 0.440. The van der Waals surface area contributed by atoms with Gasteiger partial charge in [-0.25, -0.2) is 8.42 Å². The lowest BCUT2D eigenvalue weighted by Crippen LogP contribution is -2.40. The number of carbonyl (C=O) groups excluding carboxylic acids is 1. The molecule has 1 saturated carbocycles. The van der Waals surface area contributed by atoms with E-state index in [2.05, 4.69) is 14.8 Å². The van der Waals surface area contributed by atoms with Gasteiger partial charge in [0.15, 0.2) is 11.0 Å². The van der Waals surface area contributed by atoms with E-state index in [0.717, 1.165) is 25.7 Å². The SMILES string of the molecule is COC(=O)C(C)Sc1nnc(-c2cccc(S(=O)(=O)N3CCOCC3)c2)n1C1CCCC1. The van der Waals surface area contributed by atoms with E-state index in [0.29, 0.717) is 42.8 Å². The molecule has 1 aromatic carbocycles. The Hall–Kier alpha value is -1.95. The molecule has 0 bridgehead atoms. The minimum Gasteiger partial charge on any atom is -0.468 e. The Labute approximate surface area is 192 Å². The van der Waals surface area contributed by atoms with Gasteiger partial charge in [-0.05, 0) is 31.9 Å². The standard InChI is InChI=1S/C21H28N4O5S2/c1-15(20(26)29-2)31-21-23-22-19(25(21)17-7-3-4-8-17)16-6-5-9-18(14-16)32(27,28)24-10-12-30-13-11-24/h5-6,9,14-15,17H,3-4,7-8,10-13H2,1-2H3. The summed E-state index contributed by atoms with van der Waals surface area (Å²) < 4.78 is 40.0. The van der Waals surface area contributed by atoms with Crippen molar-refractivity contribution in [2.45, 2.75) is 54.0 Å². The molecule has 1 unspecified atom stereocenters. The van der Waals surface area contributed by atoms with E-state index in [4.69, 9.17) is 9.47 Å². The molecule has 11 heteroatoms. The van der Waals surface area contributed by atoms with Crippen molar-refractivity contribution in [2.75, 3.05) is 33.4 Å². The van der Waals surface area contributed by atoms with Crippen LogP contribution in [0.1, 0.15) is 38.6 Å². The average molecular weight is 481 g/mol. The summed E-state index contributed by atoms with van der Waals surface area (Å²) in [5, 5.41) is 9.00. The van der Waals surface area contributed by atoms with E-state index >= 15 is 0 Å². The molecule has 1 saturated heterocycles. The van der Waals surface area contributed by atoms with Crippen LogP contribution in [0.4, 0.5) is 0 Å². The molecule has 0 spiro atoms. The van der Waals surface area contributed by atoms with Crippen LogP contribution >= 0.6 is 11.8 Å². The van der Waals surface area contributed by atoms with Crippen LogP contribution in [-0.2, 0) is 24.3 Å². The van der Waals surface area contributed by atoms with Crippen LogP contribution in [0.5, 0.6) is 0 Å². The van der Waals surface area contributed by atoms with Crippen molar-refractivity contribution in [3.63, 3.8) is 0 Å².